The second kappa shape index (κ2) is 7.11. The maximum atomic E-state index is 12.7. The van der Waals surface area contributed by atoms with E-state index < -0.39 is 0 Å². The Hall–Kier alpha value is -3.01. The Labute approximate surface area is 171 Å². The fraction of sp³-hybridized carbons (Fsp3) is 0.320. The number of nitrogens with zero attached hydrogens (tertiary/aromatic N) is 2. The minimum atomic E-state index is -0.159. The van der Waals surface area contributed by atoms with Crippen LogP contribution in [0.2, 0.25) is 0 Å². The summed E-state index contributed by atoms with van der Waals surface area (Å²) in [6.07, 6.45) is 12.2. The van der Waals surface area contributed by atoms with Gasteiger partial charge in [0.05, 0.1) is 22.8 Å². The Morgan fingerprint density at radius 3 is 2.72 bits per heavy atom. The molecule has 0 radical (unpaired) electrons. The summed E-state index contributed by atoms with van der Waals surface area (Å²) in [4.78, 5) is 21.8. The molecule has 29 heavy (non-hydrogen) atoms. The number of rotatable bonds is 4. The van der Waals surface area contributed by atoms with Crippen molar-refractivity contribution in [3.8, 4) is 0 Å². The molecule has 2 aliphatic carbocycles. The van der Waals surface area contributed by atoms with Crippen LogP contribution in [0.3, 0.4) is 0 Å². The third-order valence-electron chi connectivity index (χ3n) is 6.46. The van der Waals surface area contributed by atoms with Gasteiger partial charge in [-0.3, -0.25) is 14.8 Å². The molecular formula is C25H25N3O. The lowest BCUT2D eigenvalue weighted by Gasteiger charge is -2.22. The SMILES string of the molecule is C[C@H](NC(=O)c1cnc2c(C3=CCC4(CC3)CC4)cccc2c1)c1ccccn1. The van der Waals surface area contributed by atoms with Crippen molar-refractivity contribution in [3.05, 3.63) is 77.8 Å². The van der Waals surface area contributed by atoms with Crippen molar-refractivity contribution < 1.29 is 4.79 Å². The Morgan fingerprint density at radius 2 is 2.00 bits per heavy atom. The second-order valence-corrected chi connectivity index (χ2v) is 8.48. The maximum absolute atomic E-state index is 12.7. The summed E-state index contributed by atoms with van der Waals surface area (Å²) in [5.41, 5.74) is 5.65. The van der Waals surface area contributed by atoms with Crippen LogP contribution >= 0.6 is 0 Å². The van der Waals surface area contributed by atoms with Crippen LogP contribution in [0.25, 0.3) is 16.5 Å². The van der Waals surface area contributed by atoms with Gasteiger partial charge in [-0.05, 0) is 68.2 Å². The van der Waals surface area contributed by atoms with E-state index in [4.69, 9.17) is 4.98 Å². The van der Waals surface area contributed by atoms with E-state index in [0.29, 0.717) is 11.0 Å². The van der Waals surface area contributed by atoms with Crippen molar-refractivity contribution in [2.75, 3.05) is 0 Å². The first-order valence-electron chi connectivity index (χ1n) is 10.4. The van der Waals surface area contributed by atoms with Crippen LogP contribution < -0.4 is 5.32 Å². The number of hydrogen-bond donors (Lipinski definition) is 1. The number of para-hydroxylation sites is 1. The molecule has 2 aliphatic rings. The number of aromatic nitrogens is 2. The van der Waals surface area contributed by atoms with Crippen LogP contribution in [0.15, 0.2) is 60.9 Å². The smallest absolute Gasteiger partial charge is 0.253 e. The van der Waals surface area contributed by atoms with Gasteiger partial charge in [-0.1, -0.05) is 30.3 Å². The molecule has 1 aromatic carbocycles. The molecule has 0 aliphatic heterocycles. The van der Waals surface area contributed by atoms with E-state index in [0.717, 1.165) is 23.0 Å². The molecule has 5 rings (SSSR count). The second-order valence-electron chi connectivity index (χ2n) is 8.48. The molecular weight excluding hydrogens is 358 g/mol. The zero-order chi connectivity index (χ0) is 19.8. The topological polar surface area (TPSA) is 54.9 Å². The molecule has 1 spiro atoms. The highest BCUT2D eigenvalue weighted by atomic mass is 16.1. The number of hydrogen-bond acceptors (Lipinski definition) is 3. The highest BCUT2D eigenvalue weighted by Crippen LogP contribution is 2.56. The Balaban J connectivity index is 1.39. The zero-order valence-corrected chi connectivity index (χ0v) is 16.7. The van der Waals surface area contributed by atoms with Crippen molar-refractivity contribution >= 4 is 22.4 Å². The number of fused-ring (bicyclic) bond motifs is 1. The molecule has 1 saturated carbocycles. The first-order valence-corrected chi connectivity index (χ1v) is 10.4. The maximum Gasteiger partial charge on any atom is 0.253 e. The summed E-state index contributed by atoms with van der Waals surface area (Å²) >= 11 is 0. The Morgan fingerprint density at radius 1 is 1.10 bits per heavy atom. The quantitative estimate of drug-likeness (QED) is 0.650. The number of benzene rings is 1. The van der Waals surface area contributed by atoms with Gasteiger partial charge in [0.15, 0.2) is 0 Å². The molecule has 2 aromatic heterocycles. The van der Waals surface area contributed by atoms with Crippen molar-refractivity contribution in [3.63, 3.8) is 0 Å². The molecule has 146 valence electrons. The van der Waals surface area contributed by atoms with Gasteiger partial charge in [0.25, 0.3) is 5.91 Å². The third kappa shape index (κ3) is 3.55. The molecule has 2 heterocycles. The summed E-state index contributed by atoms with van der Waals surface area (Å²) < 4.78 is 0. The largest absolute Gasteiger partial charge is 0.344 e. The number of allylic oxidation sites excluding steroid dienone is 2. The average Bonchev–Trinajstić information content (AvgIpc) is 3.53. The highest BCUT2D eigenvalue weighted by molar-refractivity contribution is 5.99. The summed E-state index contributed by atoms with van der Waals surface area (Å²) in [7, 11) is 0. The van der Waals surface area contributed by atoms with Gasteiger partial charge in [0.2, 0.25) is 0 Å². The normalized spacial score (nSPS) is 18.3. The molecule has 1 atom stereocenters. The highest BCUT2D eigenvalue weighted by Gasteiger charge is 2.42. The lowest BCUT2D eigenvalue weighted by molar-refractivity contribution is 0.0939. The van der Waals surface area contributed by atoms with Crippen molar-refractivity contribution in [1.82, 2.24) is 15.3 Å². The Bertz CT molecular complexity index is 1100. The van der Waals surface area contributed by atoms with Crippen LogP contribution in [0.5, 0.6) is 0 Å². The van der Waals surface area contributed by atoms with Crippen LogP contribution in [0, 0.1) is 5.41 Å². The van der Waals surface area contributed by atoms with Gasteiger partial charge in [-0.15, -0.1) is 0 Å². The third-order valence-corrected chi connectivity index (χ3v) is 6.46. The molecule has 1 fully saturated rings. The monoisotopic (exact) mass is 383 g/mol. The molecule has 3 aromatic rings. The van der Waals surface area contributed by atoms with Crippen LogP contribution in [0.4, 0.5) is 0 Å². The Kier molecular flexibility index (Phi) is 4.42. The molecule has 1 N–H and O–H groups in total. The van der Waals surface area contributed by atoms with Crippen molar-refractivity contribution in [1.29, 1.82) is 0 Å². The van der Waals surface area contributed by atoms with Gasteiger partial charge in [0, 0.05) is 23.3 Å². The van der Waals surface area contributed by atoms with Gasteiger partial charge < -0.3 is 5.32 Å². The van der Waals surface area contributed by atoms with Crippen LogP contribution in [-0.2, 0) is 0 Å². The van der Waals surface area contributed by atoms with Gasteiger partial charge in [0.1, 0.15) is 0 Å². The summed E-state index contributed by atoms with van der Waals surface area (Å²) in [6, 6.07) is 13.8. The van der Waals surface area contributed by atoms with E-state index in [1.165, 1.54) is 36.8 Å². The molecule has 0 saturated heterocycles. The van der Waals surface area contributed by atoms with Crippen LogP contribution in [-0.4, -0.2) is 15.9 Å². The number of pyridine rings is 2. The average molecular weight is 383 g/mol. The number of amides is 1. The lowest BCUT2D eigenvalue weighted by atomic mass is 9.84. The van der Waals surface area contributed by atoms with Crippen LogP contribution in [0.1, 0.15) is 66.7 Å². The van der Waals surface area contributed by atoms with Gasteiger partial charge in [-0.2, -0.15) is 0 Å². The van der Waals surface area contributed by atoms with Crippen molar-refractivity contribution in [2.45, 2.75) is 45.1 Å². The van der Waals surface area contributed by atoms with E-state index in [1.54, 1.807) is 12.4 Å². The summed E-state index contributed by atoms with van der Waals surface area (Å²) in [6.45, 7) is 1.94. The predicted octanol–water partition coefficient (Wildman–Crippen LogP) is 5.47. The molecule has 0 bridgehead atoms. The summed E-state index contributed by atoms with van der Waals surface area (Å²) in [5.74, 6) is -0.129. The summed E-state index contributed by atoms with van der Waals surface area (Å²) in [5, 5.41) is 4.03. The predicted molar refractivity (Wildman–Crippen MR) is 115 cm³/mol. The lowest BCUT2D eigenvalue weighted by Crippen LogP contribution is -2.27. The number of nitrogens with one attached hydrogen (secondary N) is 1. The number of carbonyl (C=O) groups is 1. The molecule has 4 heteroatoms. The molecule has 0 unspecified atom stereocenters. The number of carbonyl (C=O) groups excluding carboxylic acids is 1. The fourth-order valence-corrected chi connectivity index (χ4v) is 4.35. The minimum Gasteiger partial charge on any atom is -0.344 e. The first kappa shape index (κ1) is 18.0. The first-order chi connectivity index (χ1) is 14.1. The minimum absolute atomic E-state index is 0.129. The fourth-order valence-electron chi connectivity index (χ4n) is 4.35. The zero-order valence-electron chi connectivity index (χ0n) is 16.7. The van der Waals surface area contributed by atoms with E-state index >= 15 is 0 Å². The van der Waals surface area contributed by atoms with Gasteiger partial charge in [-0.25, -0.2) is 0 Å². The molecule has 4 nitrogen and oxygen atoms in total. The van der Waals surface area contributed by atoms with E-state index in [2.05, 4.69) is 28.5 Å². The standard InChI is InChI=1S/C25H25N3O/c1-17(22-7-2-3-14-26-22)28-24(29)20-15-19-5-4-6-21(23(19)27-16-20)18-8-10-25(11-9-18)12-13-25/h2-8,14-17H,9-13H2,1H3,(H,28,29)/t17-/m0/s1. The van der Waals surface area contributed by atoms with E-state index in [9.17, 15) is 4.79 Å². The van der Waals surface area contributed by atoms with Crippen molar-refractivity contribution in [2.24, 2.45) is 5.41 Å². The van der Waals surface area contributed by atoms with Gasteiger partial charge >= 0.3 is 0 Å². The van der Waals surface area contributed by atoms with E-state index in [1.807, 2.05) is 37.3 Å². The van der Waals surface area contributed by atoms with E-state index in [-0.39, 0.29) is 11.9 Å². The molecule has 1 amide bonds.